The van der Waals surface area contributed by atoms with Gasteiger partial charge in [-0.1, -0.05) is 0 Å². The van der Waals surface area contributed by atoms with Gasteiger partial charge in [0.1, 0.15) is 11.6 Å². The fourth-order valence-electron chi connectivity index (χ4n) is 2.53. The topological polar surface area (TPSA) is 56.3 Å². The third-order valence-electron chi connectivity index (χ3n) is 3.63. The second kappa shape index (κ2) is 7.43. The molecule has 0 aliphatic heterocycles. The molecular weight excluding hydrogens is 264 g/mol. The van der Waals surface area contributed by atoms with Crippen molar-refractivity contribution in [2.45, 2.75) is 25.8 Å². The Morgan fingerprint density at radius 2 is 2.10 bits per heavy atom. The van der Waals surface area contributed by atoms with Crippen LogP contribution in [0.25, 0.3) is 11.0 Å². The van der Waals surface area contributed by atoms with Crippen LogP contribution in [-0.2, 0) is 13.0 Å². The molecule has 0 fully saturated rings. The van der Waals surface area contributed by atoms with Gasteiger partial charge in [0.05, 0.1) is 18.1 Å². The van der Waals surface area contributed by atoms with Crippen molar-refractivity contribution in [1.29, 1.82) is 0 Å². The lowest BCUT2D eigenvalue weighted by atomic mass is 10.2. The number of benzene rings is 1. The number of fused-ring (bicyclic) bond motifs is 1. The van der Waals surface area contributed by atoms with Crippen molar-refractivity contribution < 1.29 is 4.74 Å². The number of aryl methyl sites for hydroxylation is 2. The van der Waals surface area contributed by atoms with Gasteiger partial charge < -0.3 is 19.9 Å². The van der Waals surface area contributed by atoms with Crippen molar-refractivity contribution in [2.75, 3.05) is 34.3 Å². The molecule has 0 aliphatic carbocycles. The summed E-state index contributed by atoms with van der Waals surface area (Å²) in [6.07, 6.45) is 3.00. The van der Waals surface area contributed by atoms with Crippen LogP contribution in [0.1, 0.15) is 18.7 Å². The van der Waals surface area contributed by atoms with Gasteiger partial charge >= 0.3 is 0 Å². The Balaban J connectivity index is 2.28. The summed E-state index contributed by atoms with van der Waals surface area (Å²) in [7, 11) is 5.89. The van der Waals surface area contributed by atoms with Gasteiger partial charge in [-0.2, -0.15) is 0 Å². The number of rotatable bonds is 8. The molecule has 0 amide bonds. The zero-order valence-corrected chi connectivity index (χ0v) is 13.3. The van der Waals surface area contributed by atoms with Crippen LogP contribution in [0.2, 0.25) is 0 Å². The second-order valence-electron chi connectivity index (χ2n) is 5.58. The highest BCUT2D eigenvalue weighted by Crippen LogP contribution is 2.22. The predicted octanol–water partition coefficient (Wildman–Crippen LogP) is 1.89. The standard InChI is InChI=1S/C16H26N4O/c1-19(2)10-5-11-20-15-8-7-13(21-3)12-14(15)18-16(20)6-4-9-17/h7-8,12H,4-6,9-11,17H2,1-3H3. The normalized spacial score (nSPS) is 11.5. The molecule has 0 aliphatic rings. The summed E-state index contributed by atoms with van der Waals surface area (Å²) >= 11 is 0. The maximum atomic E-state index is 5.64. The third kappa shape index (κ3) is 3.95. The zero-order chi connectivity index (χ0) is 15.2. The van der Waals surface area contributed by atoms with E-state index in [1.54, 1.807) is 7.11 Å². The minimum atomic E-state index is 0.699. The minimum absolute atomic E-state index is 0.699. The molecule has 5 nitrogen and oxygen atoms in total. The molecule has 0 unspecified atom stereocenters. The monoisotopic (exact) mass is 290 g/mol. The summed E-state index contributed by atoms with van der Waals surface area (Å²) in [5.41, 5.74) is 7.83. The second-order valence-corrected chi connectivity index (χ2v) is 5.58. The van der Waals surface area contributed by atoms with Crippen LogP contribution >= 0.6 is 0 Å². The van der Waals surface area contributed by atoms with E-state index in [9.17, 15) is 0 Å². The van der Waals surface area contributed by atoms with E-state index in [2.05, 4.69) is 29.6 Å². The summed E-state index contributed by atoms with van der Waals surface area (Å²) in [4.78, 5) is 6.98. The highest BCUT2D eigenvalue weighted by molar-refractivity contribution is 5.77. The molecular formula is C16H26N4O. The van der Waals surface area contributed by atoms with E-state index < -0.39 is 0 Å². The lowest BCUT2D eigenvalue weighted by Gasteiger charge is -2.12. The maximum Gasteiger partial charge on any atom is 0.121 e. The first-order chi connectivity index (χ1) is 10.2. The summed E-state index contributed by atoms with van der Waals surface area (Å²) in [5.74, 6) is 1.98. The molecule has 0 radical (unpaired) electrons. The van der Waals surface area contributed by atoms with E-state index in [0.29, 0.717) is 6.54 Å². The molecule has 0 saturated carbocycles. The van der Waals surface area contributed by atoms with Crippen LogP contribution in [0.3, 0.4) is 0 Å². The van der Waals surface area contributed by atoms with Crippen molar-refractivity contribution >= 4 is 11.0 Å². The van der Waals surface area contributed by atoms with Crippen molar-refractivity contribution in [3.05, 3.63) is 24.0 Å². The number of hydrogen-bond donors (Lipinski definition) is 1. The summed E-state index contributed by atoms with van der Waals surface area (Å²) in [6.45, 7) is 2.76. The van der Waals surface area contributed by atoms with E-state index in [4.69, 9.17) is 15.5 Å². The van der Waals surface area contributed by atoms with Gasteiger partial charge in [-0.3, -0.25) is 0 Å². The number of ether oxygens (including phenoxy) is 1. The van der Waals surface area contributed by atoms with Crippen molar-refractivity contribution in [2.24, 2.45) is 5.73 Å². The van der Waals surface area contributed by atoms with E-state index in [1.807, 2.05) is 12.1 Å². The molecule has 0 atom stereocenters. The summed E-state index contributed by atoms with van der Waals surface area (Å²) in [5, 5.41) is 0. The first kappa shape index (κ1) is 15.8. The van der Waals surface area contributed by atoms with E-state index >= 15 is 0 Å². The van der Waals surface area contributed by atoms with Crippen LogP contribution in [0.4, 0.5) is 0 Å². The number of methoxy groups -OCH3 is 1. The average molecular weight is 290 g/mol. The van der Waals surface area contributed by atoms with Gasteiger partial charge in [-0.15, -0.1) is 0 Å². The number of aromatic nitrogens is 2. The Bertz CT molecular complexity index is 577. The summed E-state index contributed by atoms with van der Waals surface area (Å²) in [6, 6.07) is 6.10. The summed E-state index contributed by atoms with van der Waals surface area (Å²) < 4.78 is 7.62. The highest BCUT2D eigenvalue weighted by atomic mass is 16.5. The number of nitrogens with zero attached hydrogens (tertiary/aromatic N) is 3. The van der Waals surface area contributed by atoms with Crippen molar-refractivity contribution in [3.8, 4) is 5.75 Å². The lowest BCUT2D eigenvalue weighted by Crippen LogP contribution is -2.16. The van der Waals surface area contributed by atoms with Crippen LogP contribution in [0.5, 0.6) is 5.75 Å². The van der Waals surface area contributed by atoms with Crippen LogP contribution in [0, 0.1) is 0 Å². The van der Waals surface area contributed by atoms with E-state index in [0.717, 1.165) is 49.4 Å². The molecule has 21 heavy (non-hydrogen) atoms. The number of hydrogen-bond acceptors (Lipinski definition) is 4. The molecule has 2 N–H and O–H groups in total. The van der Waals surface area contributed by atoms with Gasteiger partial charge in [0.2, 0.25) is 0 Å². The Labute approximate surface area is 126 Å². The van der Waals surface area contributed by atoms with Crippen LogP contribution in [-0.4, -0.2) is 48.7 Å². The zero-order valence-electron chi connectivity index (χ0n) is 13.3. The van der Waals surface area contributed by atoms with Gasteiger partial charge in [0.25, 0.3) is 0 Å². The van der Waals surface area contributed by atoms with Crippen LogP contribution < -0.4 is 10.5 Å². The molecule has 116 valence electrons. The van der Waals surface area contributed by atoms with E-state index in [1.165, 1.54) is 5.52 Å². The lowest BCUT2D eigenvalue weighted by molar-refractivity contribution is 0.386. The van der Waals surface area contributed by atoms with Gasteiger partial charge in [0.15, 0.2) is 0 Å². The number of nitrogens with two attached hydrogens (primary N) is 1. The van der Waals surface area contributed by atoms with Crippen molar-refractivity contribution in [3.63, 3.8) is 0 Å². The fourth-order valence-corrected chi connectivity index (χ4v) is 2.53. The molecule has 0 spiro atoms. The molecule has 0 bridgehead atoms. The Hall–Kier alpha value is -1.59. The quantitative estimate of drug-likeness (QED) is 0.806. The van der Waals surface area contributed by atoms with Gasteiger partial charge in [-0.05, 0) is 52.2 Å². The molecule has 5 heteroatoms. The molecule has 1 heterocycles. The SMILES string of the molecule is COc1ccc2c(c1)nc(CCCN)n2CCCN(C)C. The average Bonchev–Trinajstić information content (AvgIpc) is 2.81. The predicted molar refractivity (Wildman–Crippen MR) is 86.8 cm³/mol. The van der Waals surface area contributed by atoms with E-state index in [-0.39, 0.29) is 0 Å². The first-order valence-electron chi connectivity index (χ1n) is 7.53. The van der Waals surface area contributed by atoms with Crippen molar-refractivity contribution in [1.82, 2.24) is 14.5 Å². The minimum Gasteiger partial charge on any atom is -0.497 e. The smallest absolute Gasteiger partial charge is 0.121 e. The number of imidazole rings is 1. The van der Waals surface area contributed by atoms with Gasteiger partial charge in [-0.25, -0.2) is 4.98 Å². The molecule has 1 aromatic heterocycles. The Kier molecular flexibility index (Phi) is 5.59. The molecule has 0 saturated heterocycles. The molecule has 2 rings (SSSR count). The Morgan fingerprint density at radius 1 is 1.29 bits per heavy atom. The molecule has 2 aromatic rings. The highest BCUT2D eigenvalue weighted by Gasteiger charge is 2.11. The largest absolute Gasteiger partial charge is 0.497 e. The maximum absolute atomic E-state index is 5.64. The first-order valence-corrected chi connectivity index (χ1v) is 7.53. The molecule has 1 aromatic carbocycles. The van der Waals surface area contributed by atoms with Gasteiger partial charge in [0, 0.05) is 19.0 Å². The van der Waals surface area contributed by atoms with Crippen LogP contribution in [0.15, 0.2) is 18.2 Å². The fraction of sp³-hybridized carbons (Fsp3) is 0.562. The Morgan fingerprint density at radius 3 is 2.76 bits per heavy atom. The third-order valence-corrected chi connectivity index (χ3v) is 3.63.